The van der Waals surface area contributed by atoms with Crippen LogP contribution in [-0.4, -0.2) is 27.1 Å². The molecule has 0 spiro atoms. The summed E-state index contributed by atoms with van der Waals surface area (Å²) >= 11 is 0. The number of nitro groups is 1. The van der Waals surface area contributed by atoms with E-state index in [1.165, 1.54) is 31.4 Å². The standard InChI is InChI=1S/C21H15N3O5/c1-28-18-8-4-6-16(19(18)25)20-22-17-7-3-2-5-15(17)21(23-20)29-14-11-9-13(10-12-14)24(26)27/h2-12,25H,1H3. The average molecular weight is 389 g/mol. The first-order valence-electron chi connectivity index (χ1n) is 8.62. The molecule has 3 aromatic carbocycles. The fraction of sp³-hybridized carbons (Fsp3) is 0.0476. The van der Waals surface area contributed by atoms with Crippen LogP contribution in [0.3, 0.4) is 0 Å². The van der Waals surface area contributed by atoms with Gasteiger partial charge in [0.1, 0.15) is 5.75 Å². The Balaban J connectivity index is 1.82. The first-order valence-corrected chi connectivity index (χ1v) is 8.62. The van der Waals surface area contributed by atoms with Crippen LogP contribution in [0.15, 0.2) is 66.7 Å². The summed E-state index contributed by atoms with van der Waals surface area (Å²) < 4.78 is 11.1. The Hall–Kier alpha value is -4.20. The number of fused-ring (bicyclic) bond motifs is 1. The fourth-order valence-electron chi connectivity index (χ4n) is 2.86. The van der Waals surface area contributed by atoms with Crippen molar-refractivity contribution in [3.05, 3.63) is 76.8 Å². The molecule has 0 saturated carbocycles. The third-order valence-electron chi connectivity index (χ3n) is 4.29. The number of hydrogen-bond acceptors (Lipinski definition) is 7. The molecule has 8 nitrogen and oxygen atoms in total. The van der Waals surface area contributed by atoms with Gasteiger partial charge in [0.25, 0.3) is 5.69 Å². The lowest BCUT2D eigenvalue weighted by molar-refractivity contribution is -0.384. The Morgan fingerprint density at radius 2 is 1.72 bits per heavy atom. The molecule has 0 aliphatic carbocycles. The predicted molar refractivity (Wildman–Crippen MR) is 106 cm³/mol. The van der Waals surface area contributed by atoms with Gasteiger partial charge in [0.2, 0.25) is 5.88 Å². The Morgan fingerprint density at radius 3 is 2.45 bits per heavy atom. The zero-order valence-corrected chi connectivity index (χ0v) is 15.3. The highest BCUT2D eigenvalue weighted by atomic mass is 16.6. The summed E-state index contributed by atoms with van der Waals surface area (Å²) in [5.74, 6) is 1.14. The number of methoxy groups -OCH3 is 1. The van der Waals surface area contributed by atoms with E-state index >= 15 is 0 Å². The highest BCUT2D eigenvalue weighted by Crippen LogP contribution is 2.37. The molecule has 1 N–H and O–H groups in total. The highest BCUT2D eigenvalue weighted by Gasteiger charge is 2.16. The van der Waals surface area contributed by atoms with Crippen LogP contribution in [0.5, 0.6) is 23.1 Å². The molecule has 0 bridgehead atoms. The maximum Gasteiger partial charge on any atom is 0.269 e. The second kappa shape index (κ2) is 7.43. The summed E-state index contributed by atoms with van der Waals surface area (Å²) in [6, 6.07) is 18.0. The molecule has 8 heteroatoms. The van der Waals surface area contributed by atoms with Gasteiger partial charge in [-0.2, -0.15) is 4.98 Å². The van der Waals surface area contributed by atoms with Crippen molar-refractivity contribution in [2.24, 2.45) is 0 Å². The van der Waals surface area contributed by atoms with Crippen molar-refractivity contribution < 1.29 is 19.5 Å². The molecule has 1 aromatic heterocycles. The number of aromatic hydroxyl groups is 1. The van der Waals surface area contributed by atoms with Crippen molar-refractivity contribution in [2.45, 2.75) is 0 Å². The SMILES string of the molecule is COc1cccc(-c2nc(Oc3ccc([N+](=O)[O-])cc3)c3ccccc3n2)c1O. The van der Waals surface area contributed by atoms with E-state index in [1.54, 1.807) is 24.3 Å². The molecule has 4 aromatic rings. The van der Waals surface area contributed by atoms with Crippen LogP contribution in [0.25, 0.3) is 22.3 Å². The topological polar surface area (TPSA) is 108 Å². The normalized spacial score (nSPS) is 10.7. The lowest BCUT2D eigenvalue weighted by atomic mass is 10.1. The minimum atomic E-state index is -0.479. The summed E-state index contributed by atoms with van der Waals surface area (Å²) in [6.45, 7) is 0. The first-order chi connectivity index (χ1) is 14.1. The van der Waals surface area contributed by atoms with E-state index in [0.29, 0.717) is 28.0 Å². The number of benzene rings is 3. The van der Waals surface area contributed by atoms with E-state index in [4.69, 9.17) is 9.47 Å². The second-order valence-corrected chi connectivity index (χ2v) is 6.08. The highest BCUT2D eigenvalue weighted by molar-refractivity contribution is 5.86. The number of phenols is 1. The van der Waals surface area contributed by atoms with Crippen molar-refractivity contribution in [2.75, 3.05) is 7.11 Å². The van der Waals surface area contributed by atoms with Gasteiger partial charge in [-0.05, 0) is 36.4 Å². The minimum absolute atomic E-state index is 0.0353. The van der Waals surface area contributed by atoms with Crippen LogP contribution in [0.1, 0.15) is 0 Å². The molecular weight excluding hydrogens is 374 g/mol. The van der Waals surface area contributed by atoms with Gasteiger partial charge in [0.15, 0.2) is 17.3 Å². The molecule has 4 rings (SSSR count). The van der Waals surface area contributed by atoms with E-state index in [9.17, 15) is 15.2 Å². The lowest BCUT2D eigenvalue weighted by Crippen LogP contribution is -1.97. The molecule has 144 valence electrons. The number of non-ortho nitro benzene ring substituents is 1. The van der Waals surface area contributed by atoms with Crippen LogP contribution in [0.2, 0.25) is 0 Å². The Morgan fingerprint density at radius 1 is 0.966 bits per heavy atom. The van der Waals surface area contributed by atoms with Crippen LogP contribution < -0.4 is 9.47 Å². The maximum atomic E-state index is 10.8. The van der Waals surface area contributed by atoms with Crippen LogP contribution in [-0.2, 0) is 0 Å². The van der Waals surface area contributed by atoms with Crippen molar-refractivity contribution in [3.63, 3.8) is 0 Å². The maximum absolute atomic E-state index is 10.8. The molecule has 0 radical (unpaired) electrons. The number of nitrogens with zero attached hydrogens (tertiary/aromatic N) is 3. The van der Waals surface area contributed by atoms with E-state index in [-0.39, 0.29) is 23.1 Å². The Kier molecular flexibility index (Phi) is 4.66. The van der Waals surface area contributed by atoms with Gasteiger partial charge in [0, 0.05) is 12.1 Å². The van der Waals surface area contributed by atoms with Crippen molar-refractivity contribution in [1.82, 2.24) is 9.97 Å². The van der Waals surface area contributed by atoms with Gasteiger partial charge in [0.05, 0.1) is 28.5 Å². The van der Waals surface area contributed by atoms with Gasteiger partial charge < -0.3 is 14.6 Å². The van der Waals surface area contributed by atoms with Gasteiger partial charge in [-0.3, -0.25) is 10.1 Å². The molecule has 29 heavy (non-hydrogen) atoms. The van der Waals surface area contributed by atoms with E-state index in [0.717, 1.165) is 0 Å². The third-order valence-corrected chi connectivity index (χ3v) is 4.29. The fourth-order valence-corrected chi connectivity index (χ4v) is 2.86. The summed E-state index contributed by atoms with van der Waals surface area (Å²) in [6.07, 6.45) is 0. The van der Waals surface area contributed by atoms with Crippen LogP contribution in [0, 0.1) is 10.1 Å². The van der Waals surface area contributed by atoms with E-state index in [1.807, 2.05) is 18.2 Å². The van der Waals surface area contributed by atoms with Gasteiger partial charge in [-0.25, -0.2) is 4.98 Å². The number of phenolic OH excluding ortho intramolecular Hbond substituents is 1. The molecule has 1 heterocycles. The summed E-state index contributed by atoms with van der Waals surface area (Å²) in [7, 11) is 1.46. The van der Waals surface area contributed by atoms with E-state index < -0.39 is 4.92 Å². The Bertz CT molecular complexity index is 1210. The monoisotopic (exact) mass is 389 g/mol. The van der Waals surface area contributed by atoms with Gasteiger partial charge in [-0.1, -0.05) is 18.2 Å². The molecule has 0 unspecified atom stereocenters. The summed E-state index contributed by atoms with van der Waals surface area (Å²) in [5, 5.41) is 22.0. The van der Waals surface area contributed by atoms with Crippen molar-refractivity contribution in [1.29, 1.82) is 0 Å². The number of para-hydroxylation sites is 2. The number of aromatic nitrogens is 2. The zero-order valence-electron chi connectivity index (χ0n) is 15.3. The molecule has 0 atom stereocenters. The molecule has 0 aliphatic heterocycles. The quantitative estimate of drug-likeness (QED) is 0.389. The molecule has 0 amide bonds. The van der Waals surface area contributed by atoms with Gasteiger partial charge >= 0.3 is 0 Å². The van der Waals surface area contributed by atoms with Crippen LogP contribution >= 0.6 is 0 Å². The average Bonchev–Trinajstić information content (AvgIpc) is 2.74. The number of nitro benzene ring substituents is 1. The molecule has 0 saturated heterocycles. The van der Waals surface area contributed by atoms with Crippen molar-refractivity contribution in [3.8, 4) is 34.5 Å². The summed E-state index contributed by atoms with van der Waals surface area (Å²) in [5.41, 5.74) is 0.979. The number of ether oxygens (including phenoxy) is 2. The van der Waals surface area contributed by atoms with Crippen LogP contribution in [0.4, 0.5) is 5.69 Å². The third kappa shape index (κ3) is 3.51. The number of hydrogen-bond donors (Lipinski definition) is 1. The van der Waals surface area contributed by atoms with E-state index in [2.05, 4.69) is 9.97 Å². The first kappa shape index (κ1) is 18.2. The minimum Gasteiger partial charge on any atom is -0.504 e. The smallest absolute Gasteiger partial charge is 0.269 e. The van der Waals surface area contributed by atoms with Crippen molar-refractivity contribution >= 4 is 16.6 Å². The number of rotatable bonds is 5. The zero-order chi connectivity index (χ0) is 20.4. The summed E-state index contributed by atoms with van der Waals surface area (Å²) in [4.78, 5) is 19.4. The second-order valence-electron chi connectivity index (χ2n) is 6.08. The molecule has 0 aliphatic rings. The molecule has 0 fully saturated rings. The lowest BCUT2D eigenvalue weighted by Gasteiger charge is -2.12. The van der Waals surface area contributed by atoms with Gasteiger partial charge in [-0.15, -0.1) is 0 Å². The predicted octanol–water partition coefficient (Wildman–Crippen LogP) is 4.71. The largest absolute Gasteiger partial charge is 0.504 e. The molecular formula is C21H15N3O5. The Labute approximate surface area is 165 Å².